The van der Waals surface area contributed by atoms with Gasteiger partial charge in [-0.15, -0.1) is 0 Å². The highest BCUT2D eigenvalue weighted by Gasteiger charge is 2.43. The molecule has 1 aromatic heterocycles. The number of nitrogens with zero attached hydrogens (tertiary/aromatic N) is 1. The molecule has 0 spiro atoms. The molecule has 2 heterocycles. The van der Waals surface area contributed by atoms with Crippen molar-refractivity contribution in [1.29, 1.82) is 0 Å². The first-order valence-electron chi connectivity index (χ1n) is 17.3. The summed E-state index contributed by atoms with van der Waals surface area (Å²) >= 11 is 0. The smallest absolute Gasteiger partial charge is 0.256 e. The second-order valence-corrected chi connectivity index (χ2v) is 13.1. The van der Waals surface area contributed by atoms with Crippen LogP contribution in [0.1, 0.15) is 34.8 Å². The summed E-state index contributed by atoms with van der Waals surface area (Å²) in [6.07, 6.45) is 3.15. The number of fused-ring (bicyclic) bond motifs is 1. The van der Waals surface area contributed by atoms with Gasteiger partial charge in [-0.25, -0.2) is 8.78 Å². The first-order chi connectivity index (χ1) is 24.8. The molecule has 1 saturated heterocycles. The van der Waals surface area contributed by atoms with Crippen LogP contribution >= 0.6 is 0 Å². The summed E-state index contributed by atoms with van der Waals surface area (Å²) in [5, 5.41) is 19.3. The van der Waals surface area contributed by atoms with Crippen molar-refractivity contribution >= 4 is 22.5 Å². The van der Waals surface area contributed by atoms with Crippen molar-refractivity contribution in [3.05, 3.63) is 150 Å². The Hall–Kier alpha value is -5.51. The Labute approximate surface area is 295 Å². The van der Waals surface area contributed by atoms with Gasteiger partial charge < -0.3 is 25.5 Å². The lowest BCUT2D eigenvalue weighted by Gasteiger charge is -2.51. The highest BCUT2D eigenvalue weighted by molar-refractivity contribution is 6.12. The van der Waals surface area contributed by atoms with Crippen molar-refractivity contribution in [3.8, 4) is 22.6 Å². The van der Waals surface area contributed by atoms with Gasteiger partial charge in [-0.05, 0) is 90.6 Å². The number of carbonyl (C=O) groups is 1. The molecule has 1 aliphatic rings. The number of phenols is 1. The van der Waals surface area contributed by atoms with E-state index in [0.29, 0.717) is 60.5 Å². The maximum atomic E-state index is 13.9. The zero-order chi connectivity index (χ0) is 35.4. The molecule has 1 unspecified atom stereocenters. The van der Waals surface area contributed by atoms with Crippen molar-refractivity contribution in [2.24, 2.45) is 0 Å². The van der Waals surface area contributed by atoms with E-state index in [1.165, 1.54) is 24.3 Å². The number of aromatic nitrogens is 1. The Morgan fingerprint density at radius 3 is 2.24 bits per heavy atom. The highest BCUT2D eigenvalue weighted by Crippen LogP contribution is 2.41. The molecule has 4 N–H and O–H groups in total. The Balaban J connectivity index is 1.20. The van der Waals surface area contributed by atoms with Crippen LogP contribution in [-0.4, -0.2) is 52.3 Å². The molecule has 7 rings (SSSR count). The fourth-order valence-corrected chi connectivity index (χ4v) is 7.31. The van der Waals surface area contributed by atoms with E-state index in [1.807, 2.05) is 55.6 Å². The normalized spacial score (nSPS) is 15.0. The summed E-state index contributed by atoms with van der Waals surface area (Å²) < 4.78 is 34.6. The number of hydrogen-bond acceptors (Lipinski definition) is 5. The van der Waals surface area contributed by atoms with Gasteiger partial charge in [0.25, 0.3) is 5.91 Å². The van der Waals surface area contributed by atoms with Crippen LogP contribution < -0.4 is 15.4 Å². The molecule has 0 bridgehead atoms. The number of piperazine rings is 1. The maximum absolute atomic E-state index is 13.9. The van der Waals surface area contributed by atoms with E-state index in [2.05, 4.69) is 20.5 Å². The van der Waals surface area contributed by atoms with Gasteiger partial charge in [0.15, 0.2) is 17.7 Å². The molecule has 1 fully saturated rings. The van der Waals surface area contributed by atoms with Crippen molar-refractivity contribution in [2.45, 2.75) is 38.0 Å². The van der Waals surface area contributed by atoms with E-state index in [-0.39, 0.29) is 23.3 Å². The van der Waals surface area contributed by atoms with Crippen LogP contribution in [0, 0.1) is 11.6 Å². The zero-order valence-corrected chi connectivity index (χ0v) is 28.3. The van der Waals surface area contributed by atoms with Crippen molar-refractivity contribution in [2.75, 3.05) is 25.0 Å². The average Bonchev–Trinajstić information content (AvgIpc) is 3.64. The summed E-state index contributed by atoms with van der Waals surface area (Å²) in [7, 11) is 0. The third kappa shape index (κ3) is 7.22. The molecule has 1 aliphatic heterocycles. The minimum atomic E-state index is -0.519. The van der Waals surface area contributed by atoms with Crippen LogP contribution in [0.15, 0.2) is 121 Å². The topological polar surface area (TPSA) is 89.6 Å². The van der Waals surface area contributed by atoms with E-state index in [1.54, 1.807) is 48.5 Å². The second kappa shape index (κ2) is 14.8. The second-order valence-electron chi connectivity index (χ2n) is 13.1. The number of amides is 1. The lowest BCUT2D eigenvalue weighted by molar-refractivity contribution is -0.0697. The number of para-hydroxylation sites is 1. The number of aromatic hydroxyl groups is 1. The third-order valence-corrected chi connectivity index (χ3v) is 9.75. The molecule has 6 aromatic rings. The largest absolute Gasteiger partial charge is 0.504 e. The maximum Gasteiger partial charge on any atom is 0.256 e. The molecule has 51 heavy (non-hydrogen) atoms. The van der Waals surface area contributed by atoms with Gasteiger partial charge in [0.05, 0.1) is 5.69 Å². The molecule has 1 amide bonds. The molecular weight excluding hydrogens is 646 g/mol. The van der Waals surface area contributed by atoms with Crippen LogP contribution in [0.5, 0.6) is 11.5 Å². The van der Waals surface area contributed by atoms with Crippen molar-refractivity contribution in [1.82, 2.24) is 15.2 Å². The van der Waals surface area contributed by atoms with E-state index >= 15 is 0 Å². The molecule has 260 valence electrons. The first kappa shape index (κ1) is 34.0. The standard InChI is InChI=1S/C42H40F2N4O3/c1-2-39(48-24-23-45-27-42(48,25-28-13-17-30(43)18-14-28)26-29-15-19-31(44)20-16-29)51-38-12-5-9-33(40(38)49)32-7-3-4-8-34(32)41(50)47-37-11-6-10-36-35(37)21-22-46-36/h3-22,39,45-46,49H,2,23-27H2,1H3,(H,47,50). The number of rotatable bonds is 11. The number of benzene rings is 5. The summed E-state index contributed by atoms with van der Waals surface area (Å²) in [6.45, 7) is 4.03. The zero-order valence-electron chi connectivity index (χ0n) is 28.3. The Morgan fingerprint density at radius 1 is 0.863 bits per heavy atom. The summed E-state index contributed by atoms with van der Waals surface area (Å²) in [5.74, 6) is -0.674. The molecule has 1 atom stereocenters. The number of hydrogen-bond donors (Lipinski definition) is 4. The molecular formula is C42H40F2N4O3. The molecule has 7 nitrogen and oxygen atoms in total. The molecule has 0 radical (unpaired) electrons. The van der Waals surface area contributed by atoms with Gasteiger partial charge >= 0.3 is 0 Å². The highest BCUT2D eigenvalue weighted by atomic mass is 19.1. The number of phenolic OH excluding ortho intramolecular Hbond substituents is 1. The van der Waals surface area contributed by atoms with E-state index in [4.69, 9.17) is 4.74 Å². The lowest BCUT2D eigenvalue weighted by atomic mass is 9.81. The van der Waals surface area contributed by atoms with Gasteiger partial charge in [0.2, 0.25) is 0 Å². The van der Waals surface area contributed by atoms with Gasteiger partial charge in [-0.3, -0.25) is 9.69 Å². The summed E-state index contributed by atoms with van der Waals surface area (Å²) in [6, 6.07) is 33.2. The Morgan fingerprint density at radius 2 is 1.53 bits per heavy atom. The minimum absolute atomic E-state index is 0.0678. The van der Waals surface area contributed by atoms with Crippen LogP contribution in [0.2, 0.25) is 0 Å². The third-order valence-electron chi connectivity index (χ3n) is 9.75. The first-order valence-corrected chi connectivity index (χ1v) is 17.3. The van der Waals surface area contributed by atoms with Gasteiger partial charge in [0, 0.05) is 53.4 Å². The van der Waals surface area contributed by atoms with Crippen molar-refractivity contribution in [3.63, 3.8) is 0 Å². The monoisotopic (exact) mass is 686 g/mol. The molecule has 0 aliphatic carbocycles. The molecule has 9 heteroatoms. The van der Waals surface area contributed by atoms with Gasteiger partial charge in [0.1, 0.15) is 11.6 Å². The fourth-order valence-electron chi connectivity index (χ4n) is 7.31. The number of H-pyrrole nitrogens is 1. The quantitative estimate of drug-likeness (QED) is 0.110. The number of aromatic amines is 1. The number of carbonyl (C=O) groups excluding carboxylic acids is 1. The van der Waals surface area contributed by atoms with Gasteiger partial charge in [-0.1, -0.05) is 67.6 Å². The van der Waals surface area contributed by atoms with Crippen LogP contribution in [-0.2, 0) is 12.8 Å². The van der Waals surface area contributed by atoms with Crippen LogP contribution in [0.4, 0.5) is 14.5 Å². The van der Waals surface area contributed by atoms with Crippen molar-refractivity contribution < 1.29 is 23.4 Å². The Bertz CT molecular complexity index is 2080. The van der Waals surface area contributed by atoms with Crippen LogP contribution in [0.25, 0.3) is 22.0 Å². The van der Waals surface area contributed by atoms with Crippen LogP contribution in [0.3, 0.4) is 0 Å². The molecule has 0 saturated carbocycles. The SMILES string of the molecule is CCC(Oc1cccc(-c2ccccc2C(=O)Nc2cccc3[nH]ccc23)c1O)N1CCNCC1(Cc1ccc(F)cc1)Cc1ccc(F)cc1. The Kier molecular flexibility index (Phi) is 9.83. The van der Waals surface area contributed by atoms with Gasteiger partial charge in [-0.2, -0.15) is 0 Å². The van der Waals surface area contributed by atoms with E-state index in [9.17, 15) is 18.7 Å². The lowest BCUT2D eigenvalue weighted by Crippen LogP contribution is -2.67. The predicted octanol–water partition coefficient (Wildman–Crippen LogP) is 8.32. The minimum Gasteiger partial charge on any atom is -0.504 e. The van der Waals surface area contributed by atoms with E-state index < -0.39 is 11.8 Å². The number of nitrogens with one attached hydrogen (secondary N) is 3. The fraction of sp³-hybridized carbons (Fsp3) is 0.214. The number of anilines is 1. The average molecular weight is 687 g/mol. The number of halogens is 2. The number of ether oxygens (including phenoxy) is 1. The van der Waals surface area contributed by atoms with E-state index in [0.717, 1.165) is 28.6 Å². The predicted molar refractivity (Wildman–Crippen MR) is 197 cm³/mol. The summed E-state index contributed by atoms with van der Waals surface area (Å²) in [5.41, 5.74) is 4.45. The molecule has 5 aromatic carbocycles. The summed E-state index contributed by atoms with van der Waals surface area (Å²) in [4.78, 5) is 19.2.